The van der Waals surface area contributed by atoms with E-state index >= 15 is 0 Å². The molecule has 1 aliphatic carbocycles. The zero-order valence-electron chi connectivity index (χ0n) is 25.2. The van der Waals surface area contributed by atoms with Crippen LogP contribution in [0.4, 0.5) is 0 Å². The summed E-state index contributed by atoms with van der Waals surface area (Å²) in [6.07, 6.45) is 0. The minimum absolute atomic E-state index is 1.25. The van der Waals surface area contributed by atoms with Crippen LogP contribution in [-0.2, 0) is 0 Å². The summed E-state index contributed by atoms with van der Waals surface area (Å²) in [4.78, 5) is 0. The van der Waals surface area contributed by atoms with E-state index in [-0.39, 0.29) is 0 Å². The molecule has 0 aliphatic heterocycles. The van der Waals surface area contributed by atoms with Crippen LogP contribution in [0.2, 0.25) is 0 Å². The lowest BCUT2D eigenvalue weighted by Gasteiger charge is -2.20. The second-order valence-electron chi connectivity index (χ2n) is 12.4. The number of rotatable bonds is 2. The minimum atomic E-state index is 1.25. The zero-order valence-corrected chi connectivity index (χ0v) is 25.2. The molecule has 0 N–H and O–H groups in total. The molecule has 0 nitrogen and oxygen atoms in total. The molecule has 0 unspecified atom stereocenters. The molecule has 0 amide bonds. The van der Waals surface area contributed by atoms with E-state index in [1.807, 2.05) is 0 Å². The van der Waals surface area contributed by atoms with Crippen molar-refractivity contribution in [2.24, 2.45) is 0 Å². The molecule has 10 rings (SSSR count). The Balaban J connectivity index is 1.34. The predicted molar refractivity (Wildman–Crippen MR) is 197 cm³/mol. The second kappa shape index (κ2) is 9.76. The topological polar surface area (TPSA) is 0 Å². The van der Waals surface area contributed by atoms with E-state index in [9.17, 15) is 0 Å². The van der Waals surface area contributed by atoms with Crippen molar-refractivity contribution >= 4 is 43.1 Å². The summed E-state index contributed by atoms with van der Waals surface area (Å²) in [7, 11) is 0. The summed E-state index contributed by atoms with van der Waals surface area (Å²) in [6.45, 7) is 0. The van der Waals surface area contributed by atoms with Gasteiger partial charge in [-0.3, -0.25) is 0 Å². The van der Waals surface area contributed by atoms with Crippen molar-refractivity contribution in [1.82, 2.24) is 0 Å². The number of benzene rings is 9. The molecular formula is C46H28. The van der Waals surface area contributed by atoms with Gasteiger partial charge in [0.2, 0.25) is 0 Å². The normalized spacial score (nSPS) is 11.9. The van der Waals surface area contributed by atoms with Crippen molar-refractivity contribution < 1.29 is 0 Å². The molecule has 0 aromatic heterocycles. The molecule has 0 spiro atoms. The van der Waals surface area contributed by atoms with Gasteiger partial charge < -0.3 is 0 Å². The fourth-order valence-electron chi connectivity index (χ4n) is 8.05. The monoisotopic (exact) mass is 580 g/mol. The van der Waals surface area contributed by atoms with Crippen LogP contribution in [0.1, 0.15) is 0 Å². The molecule has 0 radical (unpaired) electrons. The van der Waals surface area contributed by atoms with Gasteiger partial charge in [-0.15, -0.1) is 0 Å². The van der Waals surface area contributed by atoms with Crippen LogP contribution in [-0.4, -0.2) is 0 Å². The van der Waals surface area contributed by atoms with E-state index in [2.05, 4.69) is 170 Å². The molecule has 212 valence electrons. The van der Waals surface area contributed by atoms with Crippen molar-refractivity contribution in [1.29, 1.82) is 0 Å². The Labute approximate surface area is 267 Å². The average Bonchev–Trinajstić information content (AvgIpc) is 3.25. The average molecular weight is 581 g/mol. The van der Waals surface area contributed by atoms with Crippen LogP contribution in [0.5, 0.6) is 0 Å². The molecule has 0 atom stereocenters. The van der Waals surface area contributed by atoms with Crippen LogP contribution < -0.4 is 0 Å². The van der Waals surface area contributed by atoms with Crippen LogP contribution >= 0.6 is 0 Å². The largest absolute Gasteiger partial charge is 0.0616 e. The molecular weight excluding hydrogens is 553 g/mol. The zero-order chi connectivity index (χ0) is 30.2. The van der Waals surface area contributed by atoms with Gasteiger partial charge in [0, 0.05) is 0 Å². The van der Waals surface area contributed by atoms with Gasteiger partial charge in [0.15, 0.2) is 0 Å². The third-order valence-corrected chi connectivity index (χ3v) is 10.0. The van der Waals surface area contributed by atoms with E-state index in [0.29, 0.717) is 0 Å². The third-order valence-electron chi connectivity index (χ3n) is 10.0. The van der Waals surface area contributed by atoms with Crippen molar-refractivity contribution in [3.05, 3.63) is 170 Å². The van der Waals surface area contributed by atoms with Gasteiger partial charge in [-0.1, -0.05) is 164 Å². The third kappa shape index (κ3) is 3.56. The summed E-state index contributed by atoms with van der Waals surface area (Å²) in [5, 5.41) is 10.2. The van der Waals surface area contributed by atoms with Crippen LogP contribution in [0, 0.1) is 0 Å². The summed E-state index contributed by atoms with van der Waals surface area (Å²) < 4.78 is 0. The van der Waals surface area contributed by atoms with Crippen LogP contribution in [0.3, 0.4) is 0 Å². The minimum Gasteiger partial charge on any atom is -0.0616 e. The molecule has 0 saturated carbocycles. The van der Waals surface area contributed by atoms with E-state index < -0.39 is 0 Å². The van der Waals surface area contributed by atoms with Crippen molar-refractivity contribution in [2.45, 2.75) is 0 Å². The first kappa shape index (κ1) is 25.4. The number of hydrogen-bond acceptors (Lipinski definition) is 0. The molecule has 1 aliphatic rings. The molecule has 9 aromatic carbocycles. The fraction of sp³-hybridized carbons (Fsp3) is 0. The smallest absolute Gasteiger partial charge is 0.00201 e. The molecule has 9 aromatic rings. The summed E-state index contributed by atoms with van der Waals surface area (Å²) in [5.74, 6) is 0. The summed E-state index contributed by atoms with van der Waals surface area (Å²) in [5.41, 5.74) is 12.9. The number of hydrogen-bond donors (Lipinski definition) is 0. The highest BCUT2D eigenvalue weighted by molar-refractivity contribution is 6.26. The molecule has 0 fully saturated rings. The SMILES string of the molecule is c1ccc2c(c1)-c1ccccc1-c1ccc(-c3c4ccccc4c(-c4ccc5ccccc5c4)c4ccccc34)c3cccc-2c13. The van der Waals surface area contributed by atoms with E-state index in [4.69, 9.17) is 0 Å². The highest BCUT2D eigenvalue weighted by Crippen LogP contribution is 2.51. The van der Waals surface area contributed by atoms with E-state index in [1.54, 1.807) is 0 Å². The Morgan fingerprint density at radius 3 is 1.30 bits per heavy atom. The number of fused-ring (bicyclic) bond motifs is 8. The quantitative estimate of drug-likeness (QED) is 0.178. The van der Waals surface area contributed by atoms with Gasteiger partial charge in [-0.05, 0) is 105 Å². The second-order valence-corrected chi connectivity index (χ2v) is 12.4. The highest BCUT2D eigenvalue weighted by atomic mass is 14.3. The Morgan fingerprint density at radius 2 is 0.674 bits per heavy atom. The first-order chi connectivity index (χ1) is 22.8. The molecule has 0 bridgehead atoms. The lowest BCUT2D eigenvalue weighted by atomic mass is 9.83. The molecule has 0 heterocycles. The molecule has 46 heavy (non-hydrogen) atoms. The van der Waals surface area contributed by atoms with Gasteiger partial charge in [0.1, 0.15) is 0 Å². The lowest BCUT2D eigenvalue weighted by molar-refractivity contribution is 1.62. The van der Waals surface area contributed by atoms with Crippen molar-refractivity contribution in [3.63, 3.8) is 0 Å². The Bertz CT molecular complexity index is 2580. The maximum absolute atomic E-state index is 2.37. The first-order valence-corrected chi connectivity index (χ1v) is 16.0. The highest BCUT2D eigenvalue weighted by Gasteiger charge is 2.24. The fourth-order valence-corrected chi connectivity index (χ4v) is 8.05. The van der Waals surface area contributed by atoms with Crippen molar-refractivity contribution in [2.75, 3.05) is 0 Å². The predicted octanol–water partition coefficient (Wildman–Crippen LogP) is 12.9. The van der Waals surface area contributed by atoms with Gasteiger partial charge in [-0.2, -0.15) is 0 Å². The Hall–Kier alpha value is -5.98. The van der Waals surface area contributed by atoms with Gasteiger partial charge >= 0.3 is 0 Å². The Kier molecular flexibility index (Phi) is 5.38. The maximum atomic E-state index is 2.37. The maximum Gasteiger partial charge on any atom is -0.00201 e. The molecule has 0 heteroatoms. The lowest BCUT2D eigenvalue weighted by Crippen LogP contribution is -1.93. The van der Waals surface area contributed by atoms with E-state index in [0.717, 1.165) is 0 Å². The standard InChI is InChI=1S/C46H28/c1-2-13-30-28-31(25-24-29(30)12-1)44-37-18-7-9-20-39(37)46(40-21-10-8-19-38(40)44)43-27-26-42-35-17-6-4-15-33(35)32-14-3-5-16-34(32)36-22-11-23-41(43)45(36)42/h1-28H. The first-order valence-electron chi connectivity index (χ1n) is 16.0. The van der Waals surface area contributed by atoms with Gasteiger partial charge in [0.05, 0.1) is 0 Å². The Morgan fingerprint density at radius 1 is 0.239 bits per heavy atom. The van der Waals surface area contributed by atoms with Gasteiger partial charge in [0.25, 0.3) is 0 Å². The summed E-state index contributed by atoms with van der Waals surface area (Å²) >= 11 is 0. The molecule has 0 saturated heterocycles. The van der Waals surface area contributed by atoms with Crippen LogP contribution in [0.25, 0.3) is 98.7 Å². The van der Waals surface area contributed by atoms with E-state index in [1.165, 1.54) is 98.7 Å². The van der Waals surface area contributed by atoms with Crippen molar-refractivity contribution in [3.8, 4) is 55.6 Å². The van der Waals surface area contributed by atoms with Gasteiger partial charge in [-0.25, -0.2) is 0 Å². The van der Waals surface area contributed by atoms with Crippen LogP contribution in [0.15, 0.2) is 170 Å². The summed E-state index contributed by atoms with van der Waals surface area (Å²) in [6, 6.07) is 62.9.